The molecule has 0 aromatic heterocycles. The van der Waals surface area contributed by atoms with Gasteiger partial charge in [0, 0.05) is 12.5 Å². The predicted molar refractivity (Wildman–Crippen MR) is 75.8 cm³/mol. The van der Waals surface area contributed by atoms with E-state index in [1.807, 2.05) is 6.92 Å². The van der Waals surface area contributed by atoms with Gasteiger partial charge in [0.25, 0.3) is 5.91 Å². The molecule has 0 saturated heterocycles. The fourth-order valence-corrected chi connectivity index (χ4v) is 1.85. The van der Waals surface area contributed by atoms with Gasteiger partial charge in [-0.15, -0.1) is 0 Å². The van der Waals surface area contributed by atoms with Gasteiger partial charge >= 0.3 is 0 Å². The monoisotopic (exact) mass is 266 g/mol. The molecule has 18 heavy (non-hydrogen) atoms. The van der Waals surface area contributed by atoms with Crippen molar-refractivity contribution in [2.24, 2.45) is 5.73 Å². The zero-order chi connectivity index (χ0) is 13.7. The van der Waals surface area contributed by atoms with Crippen LogP contribution >= 0.6 is 12.2 Å². The van der Waals surface area contributed by atoms with Crippen molar-refractivity contribution in [1.82, 2.24) is 5.32 Å². The molecule has 1 unspecified atom stereocenters. The number of hydrogen-bond donors (Lipinski definition) is 3. The van der Waals surface area contributed by atoms with Crippen LogP contribution in [0.15, 0.2) is 18.2 Å². The fourth-order valence-electron chi connectivity index (χ4n) is 1.65. The Balaban J connectivity index is 2.81. The van der Waals surface area contributed by atoms with Gasteiger partial charge < -0.3 is 16.2 Å². The second-order valence-electron chi connectivity index (χ2n) is 4.22. The number of phenols is 1. The first kappa shape index (κ1) is 14.4. The summed E-state index contributed by atoms with van der Waals surface area (Å²) in [4.78, 5) is 12.4. The van der Waals surface area contributed by atoms with E-state index in [0.717, 1.165) is 6.42 Å². The third kappa shape index (κ3) is 3.70. The number of aromatic hydroxyl groups is 1. The van der Waals surface area contributed by atoms with E-state index in [1.54, 1.807) is 25.1 Å². The Morgan fingerprint density at radius 3 is 2.78 bits per heavy atom. The number of carbonyl (C=O) groups is 1. The van der Waals surface area contributed by atoms with E-state index in [0.29, 0.717) is 17.0 Å². The summed E-state index contributed by atoms with van der Waals surface area (Å²) in [6, 6.07) is 4.97. The van der Waals surface area contributed by atoms with Crippen molar-refractivity contribution in [2.45, 2.75) is 32.7 Å². The van der Waals surface area contributed by atoms with Crippen molar-refractivity contribution in [1.29, 1.82) is 0 Å². The molecule has 0 aliphatic carbocycles. The smallest absolute Gasteiger partial charge is 0.255 e. The second-order valence-corrected chi connectivity index (χ2v) is 4.74. The molecule has 0 aliphatic rings. The Bertz CT molecular complexity index is 460. The molecule has 0 spiro atoms. The average molecular weight is 266 g/mol. The van der Waals surface area contributed by atoms with E-state index in [-0.39, 0.29) is 23.3 Å². The summed E-state index contributed by atoms with van der Waals surface area (Å²) in [5.74, 6) is -0.292. The van der Waals surface area contributed by atoms with Crippen LogP contribution in [0, 0.1) is 6.92 Å². The topological polar surface area (TPSA) is 75.3 Å². The molecule has 4 N–H and O–H groups in total. The highest BCUT2D eigenvalue weighted by atomic mass is 32.1. The van der Waals surface area contributed by atoms with E-state index >= 15 is 0 Å². The van der Waals surface area contributed by atoms with Gasteiger partial charge in [-0.25, -0.2) is 0 Å². The Morgan fingerprint density at radius 2 is 2.22 bits per heavy atom. The minimum atomic E-state index is -0.306. The van der Waals surface area contributed by atoms with Gasteiger partial charge in [0.2, 0.25) is 0 Å². The van der Waals surface area contributed by atoms with Crippen LogP contribution < -0.4 is 11.1 Å². The Hall–Kier alpha value is -1.62. The summed E-state index contributed by atoms with van der Waals surface area (Å²) in [5.41, 5.74) is 6.41. The van der Waals surface area contributed by atoms with Gasteiger partial charge in [-0.1, -0.05) is 31.3 Å². The van der Waals surface area contributed by atoms with Crippen LogP contribution in [-0.2, 0) is 0 Å². The van der Waals surface area contributed by atoms with Crippen LogP contribution in [0.4, 0.5) is 0 Å². The number of phenolic OH excluding ortho intramolecular Hbond substituents is 1. The average Bonchev–Trinajstić information content (AvgIpc) is 2.31. The lowest BCUT2D eigenvalue weighted by molar-refractivity contribution is 0.0934. The minimum Gasteiger partial charge on any atom is -0.507 e. The zero-order valence-corrected chi connectivity index (χ0v) is 11.4. The van der Waals surface area contributed by atoms with E-state index in [1.165, 1.54) is 0 Å². The summed E-state index contributed by atoms with van der Waals surface area (Å²) in [7, 11) is 0. The standard InChI is InChI=1S/C13H18N2O2S/c1-3-9(7-11(14)18)15-13(17)10-6-4-5-8(2)12(10)16/h4-6,9,16H,3,7H2,1-2H3,(H2,14,18)(H,15,17). The third-order valence-corrected chi connectivity index (χ3v) is 2.92. The zero-order valence-electron chi connectivity index (χ0n) is 10.6. The van der Waals surface area contributed by atoms with Crippen LogP contribution in [0.1, 0.15) is 35.7 Å². The number of carbonyl (C=O) groups excluding carboxylic acids is 1. The van der Waals surface area contributed by atoms with E-state index in [4.69, 9.17) is 18.0 Å². The van der Waals surface area contributed by atoms with Gasteiger partial charge in [0.15, 0.2) is 0 Å². The molecule has 1 atom stereocenters. The largest absolute Gasteiger partial charge is 0.507 e. The number of para-hydroxylation sites is 1. The summed E-state index contributed by atoms with van der Waals surface area (Å²) in [6.45, 7) is 3.69. The van der Waals surface area contributed by atoms with Crippen LogP contribution in [0.2, 0.25) is 0 Å². The molecular weight excluding hydrogens is 248 g/mol. The Morgan fingerprint density at radius 1 is 1.56 bits per heavy atom. The number of thiocarbonyl (C=S) groups is 1. The van der Waals surface area contributed by atoms with Crippen molar-refractivity contribution in [2.75, 3.05) is 0 Å². The van der Waals surface area contributed by atoms with Gasteiger partial charge in [0.05, 0.1) is 10.6 Å². The maximum absolute atomic E-state index is 12.0. The molecule has 5 heteroatoms. The molecule has 0 fully saturated rings. The molecule has 0 heterocycles. The van der Waals surface area contributed by atoms with Crippen molar-refractivity contribution >= 4 is 23.1 Å². The maximum atomic E-state index is 12.0. The highest BCUT2D eigenvalue weighted by molar-refractivity contribution is 7.80. The van der Waals surface area contributed by atoms with E-state index < -0.39 is 0 Å². The molecular formula is C13H18N2O2S. The maximum Gasteiger partial charge on any atom is 0.255 e. The molecule has 4 nitrogen and oxygen atoms in total. The molecule has 0 saturated carbocycles. The second kappa shape index (κ2) is 6.35. The quantitative estimate of drug-likeness (QED) is 0.711. The van der Waals surface area contributed by atoms with Crippen molar-refractivity contribution < 1.29 is 9.90 Å². The number of rotatable bonds is 5. The molecule has 0 aliphatic heterocycles. The first-order chi connectivity index (χ1) is 8.45. The molecule has 1 aromatic rings. The lowest BCUT2D eigenvalue weighted by Crippen LogP contribution is -2.37. The first-order valence-corrected chi connectivity index (χ1v) is 6.24. The molecule has 1 rings (SSSR count). The van der Waals surface area contributed by atoms with Crippen molar-refractivity contribution in [3.05, 3.63) is 29.3 Å². The number of hydrogen-bond acceptors (Lipinski definition) is 3. The molecule has 0 radical (unpaired) electrons. The molecule has 1 aromatic carbocycles. The number of aryl methyl sites for hydroxylation is 1. The van der Waals surface area contributed by atoms with Crippen LogP contribution in [0.3, 0.4) is 0 Å². The summed E-state index contributed by atoms with van der Waals surface area (Å²) in [5, 5.41) is 12.6. The van der Waals surface area contributed by atoms with Crippen LogP contribution in [0.5, 0.6) is 5.75 Å². The van der Waals surface area contributed by atoms with Gasteiger partial charge in [-0.3, -0.25) is 4.79 Å². The van der Waals surface area contributed by atoms with Gasteiger partial charge in [0.1, 0.15) is 5.75 Å². The normalized spacial score (nSPS) is 11.9. The molecule has 1 amide bonds. The summed E-state index contributed by atoms with van der Waals surface area (Å²) in [6.07, 6.45) is 1.19. The lowest BCUT2D eigenvalue weighted by Gasteiger charge is -2.17. The Kier molecular flexibility index (Phi) is 5.09. The molecule has 0 bridgehead atoms. The first-order valence-electron chi connectivity index (χ1n) is 5.83. The Labute approximate surface area is 112 Å². The van der Waals surface area contributed by atoms with Crippen LogP contribution in [-0.4, -0.2) is 22.0 Å². The van der Waals surface area contributed by atoms with E-state index in [9.17, 15) is 9.90 Å². The van der Waals surface area contributed by atoms with Gasteiger partial charge in [-0.2, -0.15) is 0 Å². The van der Waals surface area contributed by atoms with Crippen molar-refractivity contribution in [3.63, 3.8) is 0 Å². The highest BCUT2D eigenvalue weighted by Gasteiger charge is 2.16. The number of amides is 1. The predicted octanol–water partition coefficient (Wildman–Crippen LogP) is 1.89. The third-order valence-electron chi connectivity index (χ3n) is 2.76. The highest BCUT2D eigenvalue weighted by Crippen LogP contribution is 2.21. The number of benzene rings is 1. The SMILES string of the molecule is CCC(CC(N)=S)NC(=O)c1cccc(C)c1O. The fraction of sp³-hybridized carbons (Fsp3) is 0.385. The van der Waals surface area contributed by atoms with Crippen LogP contribution in [0.25, 0.3) is 0 Å². The minimum absolute atomic E-state index is 0.0141. The van der Waals surface area contributed by atoms with Crippen molar-refractivity contribution in [3.8, 4) is 5.75 Å². The van der Waals surface area contributed by atoms with Gasteiger partial charge in [-0.05, 0) is 25.0 Å². The number of nitrogens with one attached hydrogen (secondary N) is 1. The lowest BCUT2D eigenvalue weighted by atomic mass is 10.1. The molecule has 98 valence electrons. The number of nitrogens with two attached hydrogens (primary N) is 1. The summed E-state index contributed by atoms with van der Waals surface area (Å²) < 4.78 is 0. The summed E-state index contributed by atoms with van der Waals surface area (Å²) >= 11 is 4.83. The van der Waals surface area contributed by atoms with E-state index in [2.05, 4.69) is 5.32 Å².